The first-order chi connectivity index (χ1) is 12.1. The highest BCUT2D eigenvalue weighted by Gasteiger charge is 2.14. The van der Waals surface area contributed by atoms with E-state index in [1.54, 1.807) is 12.1 Å². The molecule has 1 aromatic heterocycles. The Morgan fingerprint density at radius 1 is 1.16 bits per heavy atom. The van der Waals surface area contributed by atoms with Crippen LogP contribution in [-0.4, -0.2) is 17.1 Å². The number of carbonyl (C=O) groups excluding carboxylic acids is 1. The number of rotatable bonds is 6. The summed E-state index contributed by atoms with van der Waals surface area (Å²) >= 11 is 0. The molecule has 4 nitrogen and oxygen atoms in total. The fraction of sp³-hybridized carbons (Fsp3) is 0.211. The van der Waals surface area contributed by atoms with E-state index < -0.39 is 6.61 Å². The van der Waals surface area contributed by atoms with Gasteiger partial charge in [0.1, 0.15) is 5.75 Å². The van der Waals surface area contributed by atoms with Gasteiger partial charge in [0.05, 0.1) is 5.56 Å². The van der Waals surface area contributed by atoms with Crippen LogP contribution in [0.3, 0.4) is 0 Å². The maximum atomic E-state index is 12.5. The Hall–Kier alpha value is -2.89. The van der Waals surface area contributed by atoms with E-state index in [1.807, 2.05) is 42.0 Å². The van der Waals surface area contributed by atoms with Gasteiger partial charge in [-0.3, -0.25) is 4.79 Å². The highest BCUT2D eigenvalue weighted by atomic mass is 19.3. The zero-order chi connectivity index (χ0) is 17.8. The monoisotopic (exact) mass is 344 g/mol. The molecule has 0 spiro atoms. The van der Waals surface area contributed by atoms with Crippen molar-refractivity contribution in [3.05, 3.63) is 65.9 Å². The molecule has 0 aliphatic carbocycles. The number of aromatic nitrogens is 1. The maximum Gasteiger partial charge on any atom is 0.387 e. The largest absolute Gasteiger partial charge is 0.435 e. The van der Waals surface area contributed by atoms with Crippen LogP contribution in [0, 0.1) is 0 Å². The zero-order valence-corrected chi connectivity index (χ0v) is 13.7. The first kappa shape index (κ1) is 17.0. The number of nitrogens with zero attached hydrogens (tertiary/aromatic N) is 1. The topological polar surface area (TPSA) is 43.3 Å². The molecule has 1 N–H and O–H groups in total. The van der Waals surface area contributed by atoms with E-state index in [0.717, 1.165) is 23.0 Å². The number of carbonyl (C=O) groups is 1. The number of amides is 1. The highest BCUT2D eigenvalue weighted by molar-refractivity contribution is 6.06. The minimum Gasteiger partial charge on any atom is -0.435 e. The number of halogens is 2. The molecular formula is C19H18F2N2O2. The van der Waals surface area contributed by atoms with Gasteiger partial charge in [-0.25, -0.2) is 0 Å². The molecule has 1 heterocycles. The van der Waals surface area contributed by atoms with Gasteiger partial charge in [-0.05, 0) is 30.7 Å². The molecule has 2 aromatic carbocycles. The third kappa shape index (κ3) is 3.79. The van der Waals surface area contributed by atoms with Gasteiger partial charge < -0.3 is 14.6 Å². The fourth-order valence-electron chi connectivity index (χ4n) is 2.76. The van der Waals surface area contributed by atoms with Gasteiger partial charge >= 0.3 is 6.61 Å². The molecule has 3 rings (SSSR count). The van der Waals surface area contributed by atoms with Crippen LogP contribution in [0.5, 0.6) is 5.75 Å². The lowest BCUT2D eigenvalue weighted by Crippen LogP contribution is -2.22. The molecule has 0 saturated heterocycles. The molecule has 1 amide bonds. The number of benzene rings is 2. The van der Waals surface area contributed by atoms with E-state index in [2.05, 4.69) is 10.1 Å². The second-order valence-corrected chi connectivity index (χ2v) is 5.55. The van der Waals surface area contributed by atoms with Crippen LogP contribution in [0.2, 0.25) is 0 Å². The normalized spacial score (nSPS) is 11.0. The highest BCUT2D eigenvalue weighted by Crippen LogP contribution is 2.21. The van der Waals surface area contributed by atoms with Crippen molar-refractivity contribution in [2.24, 2.45) is 0 Å². The standard InChI is InChI=1S/C19H18F2N2O2/c1-2-23-12-16(15-5-3-4-6-17(15)23)18(24)22-11-13-7-9-14(10-8-13)25-19(20)21/h3-10,12,19H,2,11H2,1H3,(H,22,24). The number of nitrogens with one attached hydrogen (secondary N) is 1. The van der Waals surface area contributed by atoms with E-state index in [9.17, 15) is 13.6 Å². The lowest BCUT2D eigenvalue weighted by molar-refractivity contribution is -0.0498. The SMILES string of the molecule is CCn1cc(C(=O)NCc2ccc(OC(F)F)cc2)c2ccccc21. The Kier molecular flexibility index (Phi) is 4.97. The molecule has 0 unspecified atom stereocenters. The summed E-state index contributed by atoms with van der Waals surface area (Å²) < 4.78 is 30.6. The van der Waals surface area contributed by atoms with Crippen LogP contribution in [0.1, 0.15) is 22.8 Å². The van der Waals surface area contributed by atoms with Gasteiger partial charge in [-0.15, -0.1) is 0 Å². The van der Waals surface area contributed by atoms with Crippen molar-refractivity contribution in [2.75, 3.05) is 0 Å². The first-order valence-corrected chi connectivity index (χ1v) is 7.98. The van der Waals surface area contributed by atoms with E-state index in [-0.39, 0.29) is 11.7 Å². The van der Waals surface area contributed by atoms with Crippen molar-refractivity contribution < 1.29 is 18.3 Å². The van der Waals surface area contributed by atoms with Crippen LogP contribution >= 0.6 is 0 Å². The van der Waals surface area contributed by atoms with Gasteiger partial charge in [-0.2, -0.15) is 8.78 Å². The fourth-order valence-corrected chi connectivity index (χ4v) is 2.76. The molecule has 0 aliphatic rings. The second-order valence-electron chi connectivity index (χ2n) is 5.55. The average molecular weight is 344 g/mol. The number of hydrogen-bond acceptors (Lipinski definition) is 2. The van der Waals surface area contributed by atoms with Gasteiger partial charge in [0.25, 0.3) is 5.91 Å². The summed E-state index contributed by atoms with van der Waals surface area (Å²) in [7, 11) is 0. The molecule has 25 heavy (non-hydrogen) atoms. The summed E-state index contributed by atoms with van der Waals surface area (Å²) in [5.41, 5.74) is 2.44. The first-order valence-electron chi connectivity index (χ1n) is 7.98. The molecule has 6 heteroatoms. The Morgan fingerprint density at radius 3 is 2.56 bits per heavy atom. The number of alkyl halides is 2. The smallest absolute Gasteiger partial charge is 0.387 e. The summed E-state index contributed by atoms with van der Waals surface area (Å²) in [6, 6.07) is 14.0. The molecular weight excluding hydrogens is 326 g/mol. The maximum absolute atomic E-state index is 12.5. The average Bonchev–Trinajstić information content (AvgIpc) is 2.99. The van der Waals surface area contributed by atoms with E-state index in [0.29, 0.717) is 12.1 Å². The number of hydrogen-bond donors (Lipinski definition) is 1. The van der Waals surface area contributed by atoms with Crippen molar-refractivity contribution in [1.82, 2.24) is 9.88 Å². The molecule has 0 fully saturated rings. The summed E-state index contributed by atoms with van der Waals surface area (Å²) in [5.74, 6) is -0.0765. The van der Waals surface area contributed by atoms with E-state index in [1.165, 1.54) is 12.1 Å². The zero-order valence-electron chi connectivity index (χ0n) is 13.7. The minimum absolute atomic E-state index is 0.0936. The molecule has 3 aromatic rings. The number of para-hydroxylation sites is 1. The molecule has 0 radical (unpaired) electrons. The van der Waals surface area contributed by atoms with E-state index in [4.69, 9.17) is 0 Å². The lowest BCUT2D eigenvalue weighted by Gasteiger charge is -2.07. The summed E-state index contributed by atoms with van der Waals surface area (Å²) in [6.45, 7) is 0.261. The lowest BCUT2D eigenvalue weighted by atomic mass is 10.1. The summed E-state index contributed by atoms with van der Waals surface area (Å²) in [4.78, 5) is 12.5. The van der Waals surface area contributed by atoms with Crippen molar-refractivity contribution in [3.8, 4) is 5.75 Å². The van der Waals surface area contributed by atoms with Crippen LogP contribution < -0.4 is 10.1 Å². The predicted molar refractivity (Wildman–Crippen MR) is 91.9 cm³/mol. The minimum atomic E-state index is -2.85. The van der Waals surface area contributed by atoms with Crippen molar-refractivity contribution in [3.63, 3.8) is 0 Å². The van der Waals surface area contributed by atoms with E-state index >= 15 is 0 Å². The van der Waals surface area contributed by atoms with Crippen molar-refractivity contribution in [1.29, 1.82) is 0 Å². The Balaban J connectivity index is 1.71. The summed E-state index contributed by atoms with van der Waals surface area (Å²) in [6.07, 6.45) is 1.85. The van der Waals surface area contributed by atoms with Crippen LogP contribution in [0.15, 0.2) is 54.7 Å². The molecule has 0 atom stereocenters. The Labute approximate surface area is 144 Å². The van der Waals surface area contributed by atoms with Crippen LogP contribution in [0.4, 0.5) is 8.78 Å². The predicted octanol–water partition coefficient (Wildman–Crippen LogP) is 4.19. The molecule has 0 aliphatic heterocycles. The second kappa shape index (κ2) is 7.34. The quantitative estimate of drug-likeness (QED) is 0.728. The van der Waals surface area contributed by atoms with Crippen molar-refractivity contribution >= 4 is 16.8 Å². The number of fused-ring (bicyclic) bond motifs is 1. The number of ether oxygens (including phenoxy) is 1. The third-order valence-corrected chi connectivity index (χ3v) is 3.98. The number of aryl methyl sites for hydroxylation is 1. The van der Waals surface area contributed by atoms with Crippen LogP contribution in [0.25, 0.3) is 10.9 Å². The third-order valence-electron chi connectivity index (χ3n) is 3.98. The van der Waals surface area contributed by atoms with Gasteiger partial charge in [0.15, 0.2) is 0 Å². The van der Waals surface area contributed by atoms with Gasteiger partial charge in [0, 0.05) is 30.2 Å². The Morgan fingerprint density at radius 2 is 1.88 bits per heavy atom. The Bertz CT molecular complexity index is 873. The molecule has 0 bridgehead atoms. The van der Waals surface area contributed by atoms with Gasteiger partial charge in [0.2, 0.25) is 0 Å². The molecule has 130 valence electrons. The molecule has 0 saturated carbocycles. The van der Waals surface area contributed by atoms with Crippen molar-refractivity contribution in [2.45, 2.75) is 26.6 Å². The van der Waals surface area contributed by atoms with Crippen LogP contribution in [-0.2, 0) is 13.1 Å². The van der Waals surface area contributed by atoms with Gasteiger partial charge in [-0.1, -0.05) is 30.3 Å². The summed E-state index contributed by atoms with van der Waals surface area (Å²) in [5, 5.41) is 3.77.